The summed E-state index contributed by atoms with van der Waals surface area (Å²) in [6.07, 6.45) is 3.73. The lowest BCUT2D eigenvalue weighted by Crippen LogP contribution is -2.44. The van der Waals surface area contributed by atoms with Crippen LogP contribution in [0.25, 0.3) is 0 Å². The van der Waals surface area contributed by atoms with Crippen LogP contribution in [0.15, 0.2) is 0 Å². The van der Waals surface area contributed by atoms with Gasteiger partial charge < -0.3 is 15.2 Å². The molecule has 2 N–H and O–H groups in total. The summed E-state index contributed by atoms with van der Waals surface area (Å²) in [6, 6.07) is 0.0787. The highest BCUT2D eigenvalue weighted by Crippen LogP contribution is 2.23. The Morgan fingerprint density at radius 3 is 2.73 bits per heavy atom. The Balaban J connectivity index is 2.37. The molecule has 0 bridgehead atoms. The molecule has 0 heterocycles. The number of amides is 1. The van der Waals surface area contributed by atoms with E-state index in [4.69, 9.17) is 9.84 Å². The van der Waals surface area contributed by atoms with Crippen LogP contribution < -0.4 is 5.32 Å². The number of hydrogen-bond acceptors (Lipinski definition) is 3. The molecule has 1 rings (SSSR count). The molecule has 0 spiro atoms. The first-order valence-electron chi connectivity index (χ1n) is 5.71. The molecule has 0 saturated heterocycles. The fraction of sp³-hybridized carbons (Fsp3) is 0.909. The minimum absolute atomic E-state index is 0.0787. The van der Waals surface area contributed by atoms with Gasteiger partial charge in [-0.05, 0) is 26.7 Å². The van der Waals surface area contributed by atoms with Crippen LogP contribution in [0.2, 0.25) is 0 Å². The summed E-state index contributed by atoms with van der Waals surface area (Å²) < 4.78 is 5.01. The van der Waals surface area contributed by atoms with Crippen molar-refractivity contribution >= 4 is 6.09 Å². The van der Waals surface area contributed by atoms with Crippen LogP contribution in [0.1, 0.15) is 39.5 Å². The highest BCUT2D eigenvalue weighted by molar-refractivity contribution is 5.67. The van der Waals surface area contributed by atoms with Crippen molar-refractivity contribution in [3.05, 3.63) is 0 Å². The van der Waals surface area contributed by atoms with Crippen LogP contribution in [0, 0.1) is 5.92 Å². The van der Waals surface area contributed by atoms with Gasteiger partial charge in [0.25, 0.3) is 0 Å². The summed E-state index contributed by atoms with van der Waals surface area (Å²) in [5.74, 6) is 0.193. The highest BCUT2D eigenvalue weighted by Gasteiger charge is 2.26. The van der Waals surface area contributed by atoms with Crippen LogP contribution >= 0.6 is 0 Å². The summed E-state index contributed by atoms with van der Waals surface area (Å²) in [5, 5.41) is 12.0. The van der Waals surface area contributed by atoms with Crippen molar-refractivity contribution in [3.8, 4) is 0 Å². The molecule has 15 heavy (non-hydrogen) atoms. The topological polar surface area (TPSA) is 58.6 Å². The molecule has 88 valence electrons. The Morgan fingerprint density at radius 2 is 2.13 bits per heavy atom. The zero-order valence-electron chi connectivity index (χ0n) is 9.53. The van der Waals surface area contributed by atoms with E-state index in [1.807, 2.05) is 13.8 Å². The van der Waals surface area contributed by atoms with E-state index in [2.05, 4.69) is 5.32 Å². The number of rotatable bonds is 3. The van der Waals surface area contributed by atoms with E-state index in [1.165, 1.54) is 0 Å². The summed E-state index contributed by atoms with van der Waals surface area (Å²) in [5.41, 5.74) is 0. The minimum Gasteiger partial charge on any atom is -0.447 e. The van der Waals surface area contributed by atoms with Crippen molar-refractivity contribution in [2.75, 3.05) is 6.61 Å². The van der Waals surface area contributed by atoms with Crippen molar-refractivity contribution in [3.63, 3.8) is 0 Å². The maximum absolute atomic E-state index is 11.4. The molecule has 2 atom stereocenters. The molecule has 0 aromatic heterocycles. The third-order valence-electron chi connectivity index (χ3n) is 2.79. The van der Waals surface area contributed by atoms with E-state index in [1.54, 1.807) is 0 Å². The average Bonchev–Trinajstić information content (AvgIpc) is 2.17. The highest BCUT2D eigenvalue weighted by atomic mass is 16.6. The quantitative estimate of drug-likeness (QED) is 0.753. The second kappa shape index (κ2) is 5.95. The molecular weight excluding hydrogens is 194 g/mol. The molecule has 0 aromatic carbocycles. The standard InChI is InChI=1S/C11H21NO3/c1-8(2)15-11(14)12-10-6-4-3-5-9(10)7-13/h8-10,13H,3-7H2,1-2H3,(H,12,14). The van der Waals surface area contributed by atoms with Gasteiger partial charge in [0.15, 0.2) is 0 Å². The van der Waals surface area contributed by atoms with Crippen molar-refractivity contribution in [2.45, 2.75) is 51.7 Å². The van der Waals surface area contributed by atoms with Gasteiger partial charge in [-0.25, -0.2) is 4.79 Å². The molecule has 1 fully saturated rings. The van der Waals surface area contributed by atoms with Crippen molar-refractivity contribution in [1.29, 1.82) is 0 Å². The Hall–Kier alpha value is -0.770. The van der Waals surface area contributed by atoms with Gasteiger partial charge in [0.1, 0.15) is 0 Å². The zero-order chi connectivity index (χ0) is 11.3. The first kappa shape index (κ1) is 12.3. The number of aliphatic hydroxyl groups is 1. The smallest absolute Gasteiger partial charge is 0.407 e. The fourth-order valence-electron chi connectivity index (χ4n) is 2.02. The van der Waals surface area contributed by atoms with Gasteiger partial charge in [0.2, 0.25) is 0 Å². The first-order valence-corrected chi connectivity index (χ1v) is 5.71. The van der Waals surface area contributed by atoms with Gasteiger partial charge in [-0.3, -0.25) is 0 Å². The number of alkyl carbamates (subject to hydrolysis) is 1. The zero-order valence-corrected chi connectivity index (χ0v) is 9.53. The van der Waals surface area contributed by atoms with E-state index in [-0.39, 0.29) is 30.8 Å². The number of carbonyl (C=O) groups excluding carboxylic acids is 1. The molecule has 1 aliphatic carbocycles. The number of hydrogen-bond donors (Lipinski definition) is 2. The SMILES string of the molecule is CC(C)OC(=O)NC1CCCCC1CO. The van der Waals surface area contributed by atoms with Gasteiger partial charge in [-0.15, -0.1) is 0 Å². The molecule has 4 heteroatoms. The van der Waals surface area contributed by atoms with E-state index >= 15 is 0 Å². The van der Waals surface area contributed by atoms with Crippen LogP contribution in [0.3, 0.4) is 0 Å². The second-order valence-corrected chi connectivity index (χ2v) is 4.43. The lowest BCUT2D eigenvalue weighted by Gasteiger charge is -2.30. The Morgan fingerprint density at radius 1 is 1.47 bits per heavy atom. The molecule has 0 radical (unpaired) electrons. The molecule has 0 aliphatic heterocycles. The van der Waals surface area contributed by atoms with Gasteiger partial charge >= 0.3 is 6.09 Å². The number of ether oxygens (including phenoxy) is 1. The molecule has 1 amide bonds. The molecule has 2 unspecified atom stereocenters. The summed E-state index contributed by atoms with van der Waals surface area (Å²) in [4.78, 5) is 11.4. The number of aliphatic hydroxyl groups excluding tert-OH is 1. The molecule has 1 saturated carbocycles. The number of carbonyl (C=O) groups is 1. The fourth-order valence-corrected chi connectivity index (χ4v) is 2.02. The van der Waals surface area contributed by atoms with Crippen LogP contribution in [0.5, 0.6) is 0 Å². The minimum atomic E-state index is -0.365. The second-order valence-electron chi connectivity index (χ2n) is 4.43. The number of nitrogens with one attached hydrogen (secondary N) is 1. The summed E-state index contributed by atoms with van der Waals surface area (Å²) in [7, 11) is 0. The van der Waals surface area contributed by atoms with Crippen molar-refractivity contribution < 1.29 is 14.6 Å². The molecule has 0 aromatic rings. The van der Waals surface area contributed by atoms with E-state index < -0.39 is 0 Å². The molecule has 1 aliphatic rings. The third kappa shape index (κ3) is 4.08. The van der Waals surface area contributed by atoms with Gasteiger partial charge in [-0.1, -0.05) is 12.8 Å². The maximum atomic E-state index is 11.4. The van der Waals surface area contributed by atoms with Gasteiger partial charge in [-0.2, -0.15) is 0 Å². The monoisotopic (exact) mass is 215 g/mol. The normalized spacial score (nSPS) is 26.4. The molecular formula is C11H21NO3. The predicted octanol–water partition coefficient (Wildman–Crippen LogP) is 1.67. The lowest BCUT2D eigenvalue weighted by atomic mass is 9.85. The maximum Gasteiger partial charge on any atom is 0.407 e. The van der Waals surface area contributed by atoms with E-state index in [9.17, 15) is 4.79 Å². The van der Waals surface area contributed by atoms with Crippen molar-refractivity contribution in [2.24, 2.45) is 5.92 Å². The Labute approximate surface area is 91.0 Å². The Bertz CT molecular complexity index is 206. The van der Waals surface area contributed by atoms with Crippen LogP contribution in [-0.4, -0.2) is 30.0 Å². The predicted molar refractivity (Wildman–Crippen MR) is 57.6 cm³/mol. The first-order chi connectivity index (χ1) is 7.13. The molecule has 4 nitrogen and oxygen atoms in total. The van der Waals surface area contributed by atoms with Gasteiger partial charge in [0, 0.05) is 18.6 Å². The summed E-state index contributed by atoms with van der Waals surface area (Å²) >= 11 is 0. The van der Waals surface area contributed by atoms with Crippen molar-refractivity contribution in [1.82, 2.24) is 5.32 Å². The Kier molecular flexibility index (Phi) is 4.88. The van der Waals surface area contributed by atoms with Crippen LogP contribution in [0.4, 0.5) is 4.79 Å². The summed E-state index contributed by atoms with van der Waals surface area (Å²) in [6.45, 7) is 3.79. The van der Waals surface area contributed by atoms with E-state index in [0.29, 0.717) is 0 Å². The van der Waals surface area contributed by atoms with E-state index in [0.717, 1.165) is 25.7 Å². The van der Waals surface area contributed by atoms with Gasteiger partial charge in [0.05, 0.1) is 6.10 Å². The van der Waals surface area contributed by atoms with Crippen LogP contribution in [-0.2, 0) is 4.74 Å². The largest absolute Gasteiger partial charge is 0.447 e. The average molecular weight is 215 g/mol. The third-order valence-corrected chi connectivity index (χ3v) is 2.79. The lowest BCUT2D eigenvalue weighted by molar-refractivity contribution is 0.0969.